The zero-order valence-corrected chi connectivity index (χ0v) is 13.3. The van der Waals surface area contributed by atoms with Gasteiger partial charge in [0.2, 0.25) is 5.91 Å². The molecule has 2 unspecified atom stereocenters. The third-order valence-corrected chi connectivity index (χ3v) is 3.75. The Hall–Kier alpha value is -1.55. The van der Waals surface area contributed by atoms with Gasteiger partial charge in [-0.15, -0.1) is 0 Å². The summed E-state index contributed by atoms with van der Waals surface area (Å²) in [6.07, 6.45) is 0.925. The van der Waals surface area contributed by atoms with Crippen molar-refractivity contribution in [3.8, 4) is 5.75 Å². The largest absolute Gasteiger partial charge is 0.493 e. The van der Waals surface area contributed by atoms with Crippen molar-refractivity contribution in [3.05, 3.63) is 28.8 Å². The van der Waals surface area contributed by atoms with Crippen LogP contribution in [0, 0.1) is 12.8 Å². The lowest BCUT2D eigenvalue weighted by molar-refractivity contribution is -0.119. The van der Waals surface area contributed by atoms with E-state index in [1.807, 2.05) is 19.1 Å². The molecule has 1 amide bonds. The van der Waals surface area contributed by atoms with Gasteiger partial charge in [-0.1, -0.05) is 25.5 Å². The highest BCUT2D eigenvalue weighted by atomic mass is 16.5. The van der Waals surface area contributed by atoms with E-state index in [0.29, 0.717) is 18.9 Å². The van der Waals surface area contributed by atoms with Crippen LogP contribution in [-0.2, 0) is 4.79 Å². The third kappa shape index (κ3) is 3.76. The van der Waals surface area contributed by atoms with Gasteiger partial charge in [0.25, 0.3) is 0 Å². The molecule has 2 rings (SSSR count). The van der Waals surface area contributed by atoms with E-state index in [1.54, 1.807) is 0 Å². The van der Waals surface area contributed by atoms with Crippen molar-refractivity contribution < 1.29 is 14.6 Å². The zero-order chi connectivity index (χ0) is 15.6. The topological polar surface area (TPSA) is 58.6 Å². The number of benzene rings is 1. The average Bonchev–Trinajstić information content (AvgIpc) is 2.37. The first kappa shape index (κ1) is 15.8. The molecule has 0 saturated heterocycles. The van der Waals surface area contributed by atoms with E-state index < -0.39 is 6.10 Å². The number of nitrogens with one attached hydrogen (secondary N) is 1. The number of carbonyl (C=O) groups excluding carboxylic acids is 1. The Labute approximate surface area is 126 Å². The highest BCUT2D eigenvalue weighted by Crippen LogP contribution is 2.40. The van der Waals surface area contributed by atoms with Gasteiger partial charge in [0, 0.05) is 24.5 Å². The second kappa shape index (κ2) is 6.48. The van der Waals surface area contributed by atoms with Crippen molar-refractivity contribution in [2.75, 3.05) is 6.61 Å². The number of hydrogen-bond donors (Lipinski definition) is 2. The van der Waals surface area contributed by atoms with Gasteiger partial charge in [-0.3, -0.25) is 4.79 Å². The molecule has 21 heavy (non-hydrogen) atoms. The smallest absolute Gasteiger partial charge is 0.217 e. The average molecular weight is 291 g/mol. The first-order chi connectivity index (χ1) is 9.88. The Morgan fingerprint density at radius 2 is 2.19 bits per heavy atom. The fraction of sp³-hybridized carbons (Fsp3) is 0.588. The van der Waals surface area contributed by atoms with Crippen molar-refractivity contribution in [3.63, 3.8) is 0 Å². The van der Waals surface area contributed by atoms with Crippen LogP contribution in [0.25, 0.3) is 0 Å². The van der Waals surface area contributed by atoms with Crippen molar-refractivity contribution in [1.82, 2.24) is 5.32 Å². The summed E-state index contributed by atoms with van der Waals surface area (Å²) in [6, 6.07) is 4.00. The molecule has 1 aliphatic rings. The van der Waals surface area contributed by atoms with Crippen LogP contribution < -0.4 is 10.1 Å². The number of ether oxygens (including phenoxy) is 1. The summed E-state index contributed by atoms with van der Waals surface area (Å²) < 4.78 is 5.81. The van der Waals surface area contributed by atoms with E-state index in [0.717, 1.165) is 28.9 Å². The second-order valence-electron chi connectivity index (χ2n) is 6.31. The minimum atomic E-state index is -0.533. The molecular formula is C17H25NO3. The van der Waals surface area contributed by atoms with Gasteiger partial charge in [0.05, 0.1) is 18.8 Å². The van der Waals surface area contributed by atoms with E-state index in [2.05, 4.69) is 19.2 Å². The van der Waals surface area contributed by atoms with Crippen LogP contribution in [0.4, 0.5) is 0 Å². The normalized spacial score (nSPS) is 18.9. The van der Waals surface area contributed by atoms with Crippen LogP contribution >= 0.6 is 0 Å². The molecule has 2 N–H and O–H groups in total. The highest BCUT2D eigenvalue weighted by Gasteiger charge is 2.27. The predicted molar refractivity (Wildman–Crippen MR) is 82.3 cm³/mol. The number of carbonyl (C=O) groups is 1. The zero-order valence-electron chi connectivity index (χ0n) is 13.3. The van der Waals surface area contributed by atoms with Crippen molar-refractivity contribution in [2.45, 2.75) is 52.7 Å². The lowest BCUT2D eigenvalue weighted by atomic mass is 9.91. The summed E-state index contributed by atoms with van der Waals surface area (Å²) in [5, 5.41) is 13.4. The van der Waals surface area contributed by atoms with Crippen molar-refractivity contribution in [2.24, 2.45) is 5.92 Å². The van der Waals surface area contributed by atoms with E-state index in [9.17, 15) is 9.90 Å². The van der Waals surface area contributed by atoms with Gasteiger partial charge in [-0.2, -0.15) is 0 Å². The Morgan fingerprint density at radius 1 is 1.48 bits per heavy atom. The van der Waals surface area contributed by atoms with E-state index >= 15 is 0 Å². The highest BCUT2D eigenvalue weighted by molar-refractivity contribution is 5.73. The van der Waals surface area contributed by atoms with Crippen LogP contribution in [0.3, 0.4) is 0 Å². The van der Waals surface area contributed by atoms with Crippen molar-refractivity contribution >= 4 is 5.91 Å². The van der Waals surface area contributed by atoms with E-state index in [-0.39, 0.29) is 11.9 Å². The summed E-state index contributed by atoms with van der Waals surface area (Å²) in [5.41, 5.74) is 2.90. The molecule has 0 fully saturated rings. The molecule has 2 atom stereocenters. The summed E-state index contributed by atoms with van der Waals surface area (Å²) in [4.78, 5) is 11.4. The van der Waals surface area contributed by atoms with Gasteiger partial charge in [-0.25, -0.2) is 0 Å². The standard InChI is InChI=1S/C17H25NO3/c1-10(2)7-16(20)14-9-11(3)8-13-15(18-12(4)19)5-6-21-17(13)14/h8-10,15-16,20H,5-7H2,1-4H3,(H,18,19). The fourth-order valence-corrected chi connectivity index (χ4v) is 2.91. The van der Waals surface area contributed by atoms with Crippen LogP contribution in [-0.4, -0.2) is 17.6 Å². The quantitative estimate of drug-likeness (QED) is 0.896. The molecule has 0 spiro atoms. The number of hydrogen-bond acceptors (Lipinski definition) is 3. The van der Waals surface area contributed by atoms with E-state index in [4.69, 9.17) is 4.74 Å². The summed E-state index contributed by atoms with van der Waals surface area (Å²) in [6.45, 7) is 8.27. The monoisotopic (exact) mass is 291 g/mol. The number of aryl methyl sites for hydroxylation is 1. The van der Waals surface area contributed by atoms with Gasteiger partial charge in [-0.05, 0) is 25.3 Å². The van der Waals surface area contributed by atoms with Crippen LogP contribution in [0.5, 0.6) is 5.75 Å². The molecule has 4 heteroatoms. The molecule has 116 valence electrons. The Bertz CT molecular complexity index is 525. The summed E-state index contributed by atoms with van der Waals surface area (Å²) in [5.74, 6) is 1.11. The first-order valence-electron chi connectivity index (χ1n) is 7.61. The van der Waals surface area contributed by atoms with Crippen LogP contribution in [0.2, 0.25) is 0 Å². The number of aliphatic hydroxyl groups is 1. The number of fused-ring (bicyclic) bond motifs is 1. The predicted octanol–water partition coefficient (Wildman–Crippen LogP) is 3.03. The summed E-state index contributed by atoms with van der Waals surface area (Å²) >= 11 is 0. The lowest BCUT2D eigenvalue weighted by Gasteiger charge is -2.30. The molecule has 1 aliphatic heterocycles. The molecular weight excluding hydrogens is 266 g/mol. The molecule has 0 radical (unpaired) electrons. The number of amides is 1. The number of aliphatic hydroxyl groups excluding tert-OH is 1. The minimum absolute atomic E-state index is 0.0313. The Morgan fingerprint density at radius 3 is 2.81 bits per heavy atom. The first-order valence-corrected chi connectivity index (χ1v) is 7.61. The second-order valence-corrected chi connectivity index (χ2v) is 6.31. The molecule has 0 aromatic heterocycles. The van der Waals surface area contributed by atoms with Crippen LogP contribution in [0.15, 0.2) is 12.1 Å². The molecule has 1 heterocycles. The minimum Gasteiger partial charge on any atom is -0.493 e. The van der Waals surface area contributed by atoms with E-state index in [1.165, 1.54) is 6.92 Å². The maximum absolute atomic E-state index is 11.4. The Kier molecular flexibility index (Phi) is 4.88. The summed E-state index contributed by atoms with van der Waals surface area (Å²) in [7, 11) is 0. The molecule has 0 saturated carbocycles. The van der Waals surface area contributed by atoms with Crippen molar-refractivity contribution in [1.29, 1.82) is 0 Å². The van der Waals surface area contributed by atoms with Crippen LogP contribution in [0.1, 0.15) is 62.4 Å². The fourth-order valence-electron chi connectivity index (χ4n) is 2.91. The van der Waals surface area contributed by atoms with Gasteiger partial charge in [0.15, 0.2) is 0 Å². The van der Waals surface area contributed by atoms with Gasteiger partial charge < -0.3 is 15.2 Å². The molecule has 0 bridgehead atoms. The van der Waals surface area contributed by atoms with Gasteiger partial charge >= 0.3 is 0 Å². The van der Waals surface area contributed by atoms with Gasteiger partial charge in [0.1, 0.15) is 5.75 Å². The molecule has 4 nitrogen and oxygen atoms in total. The SMILES string of the molecule is CC(=O)NC1CCOc2c(C(O)CC(C)C)cc(C)cc21. The number of rotatable bonds is 4. The molecule has 1 aromatic carbocycles. The molecule has 1 aromatic rings. The Balaban J connectivity index is 2.40. The molecule has 0 aliphatic carbocycles. The third-order valence-electron chi connectivity index (χ3n) is 3.75. The lowest BCUT2D eigenvalue weighted by Crippen LogP contribution is -2.31. The maximum Gasteiger partial charge on any atom is 0.217 e. The maximum atomic E-state index is 11.4.